The molecule has 0 saturated heterocycles. The van der Waals surface area contributed by atoms with E-state index in [4.69, 9.17) is 4.74 Å². The van der Waals surface area contributed by atoms with Crippen molar-refractivity contribution < 1.29 is 24.5 Å². The molecule has 6 heteroatoms. The summed E-state index contributed by atoms with van der Waals surface area (Å²) in [6.07, 6.45) is 76.6. The monoisotopic (exact) mass is 1030 g/mol. The predicted molar refractivity (Wildman–Crippen MR) is 320 cm³/mol. The highest BCUT2D eigenvalue weighted by atomic mass is 16.5. The Morgan fingerprint density at radius 2 is 0.644 bits per heavy atom. The fourth-order valence-electron chi connectivity index (χ4n) is 10.7. The van der Waals surface area contributed by atoms with E-state index >= 15 is 0 Å². The van der Waals surface area contributed by atoms with Crippen LogP contribution in [0.4, 0.5) is 0 Å². The SMILES string of the molecule is CCCCCCCC/C=C\CCCCCCCCCC(=O)OCCCCCCCCCCCCCCCCCCCCCCCCCC(=O)NC(CO)C(O)CCCCCCCCCCCCCCCCCC. The minimum absolute atomic E-state index is 0.0121. The molecule has 0 aliphatic rings. The fourth-order valence-corrected chi connectivity index (χ4v) is 10.7. The van der Waals surface area contributed by atoms with Gasteiger partial charge in [0.2, 0.25) is 5.91 Å². The van der Waals surface area contributed by atoms with E-state index in [1.54, 1.807) is 0 Å². The molecule has 0 heterocycles. The van der Waals surface area contributed by atoms with Crippen LogP contribution < -0.4 is 5.32 Å². The molecule has 73 heavy (non-hydrogen) atoms. The Morgan fingerprint density at radius 3 is 0.973 bits per heavy atom. The van der Waals surface area contributed by atoms with Gasteiger partial charge in [-0.05, 0) is 51.4 Å². The van der Waals surface area contributed by atoms with Crippen molar-refractivity contribution in [3.05, 3.63) is 12.2 Å². The van der Waals surface area contributed by atoms with Crippen LogP contribution in [0.5, 0.6) is 0 Å². The zero-order chi connectivity index (χ0) is 52.9. The predicted octanol–water partition coefficient (Wildman–Crippen LogP) is 21.2. The molecule has 3 N–H and O–H groups in total. The van der Waals surface area contributed by atoms with Gasteiger partial charge < -0.3 is 20.3 Å². The first-order valence-corrected chi connectivity index (χ1v) is 33.4. The summed E-state index contributed by atoms with van der Waals surface area (Å²) in [6.45, 7) is 4.98. The highest BCUT2D eigenvalue weighted by molar-refractivity contribution is 5.76. The van der Waals surface area contributed by atoms with Gasteiger partial charge in [0, 0.05) is 12.8 Å². The van der Waals surface area contributed by atoms with Crippen molar-refractivity contribution in [3.63, 3.8) is 0 Å². The van der Waals surface area contributed by atoms with Gasteiger partial charge >= 0.3 is 5.97 Å². The Labute approximate surface area is 457 Å². The number of amides is 1. The van der Waals surface area contributed by atoms with Crippen molar-refractivity contribution in [2.24, 2.45) is 0 Å². The van der Waals surface area contributed by atoms with Crippen molar-refractivity contribution in [1.82, 2.24) is 5.32 Å². The lowest BCUT2D eigenvalue weighted by atomic mass is 10.0. The van der Waals surface area contributed by atoms with Crippen LogP contribution in [0.25, 0.3) is 0 Å². The molecule has 0 aromatic rings. The normalized spacial score (nSPS) is 12.5. The number of allylic oxidation sites excluding steroid dienone is 2. The molecule has 0 aliphatic carbocycles. The Balaban J connectivity index is 3.35. The van der Waals surface area contributed by atoms with Gasteiger partial charge in [0.25, 0.3) is 0 Å². The average Bonchev–Trinajstić information content (AvgIpc) is 3.39. The van der Waals surface area contributed by atoms with E-state index in [0.717, 1.165) is 44.9 Å². The van der Waals surface area contributed by atoms with Crippen molar-refractivity contribution >= 4 is 11.9 Å². The lowest BCUT2D eigenvalue weighted by Crippen LogP contribution is -2.45. The summed E-state index contributed by atoms with van der Waals surface area (Å²) in [6, 6.07) is -0.540. The maximum atomic E-state index is 12.5. The topological polar surface area (TPSA) is 95.9 Å². The first-order valence-electron chi connectivity index (χ1n) is 33.4. The summed E-state index contributed by atoms with van der Waals surface area (Å²) < 4.78 is 5.50. The fraction of sp³-hybridized carbons (Fsp3) is 0.940. The van der Waals surface area contributed by atoms with E-state index in [1.807, 2.05) is 0 Å². The van der Waals surface area contributed by atoms with E-state index in [1.165, 1.54) is 302 Å². The number of carbonyl (C=O) groups is 2. The van der Waals surface area contributed by atoms with Crippen molar-refractivity contribution in [1.29, 1.82) is 0 Å². The van der Waals surface area contributed by atoms with Gasteiger partial charge in [-0.3, -0.25) is 9.59 Å². The lowest BCUT2D eigenvalue weighted by Gasteiger charge is -2.22. The van der Waals surface area contributed by atoms with Crippen LogP contribution in [-0.2, 0) is 14.3 Å². The molecule has 0 aliphatic heterocycles. The number of aliphatic hydroxyl groups excluding tert-OH is 2. The molecule has 0 aromatic carbocycles. The second-order valence-electron chi connectivity index (χ2n) is 23.2. The number of hydrogen-bond donors (Lipinski definition) is 3. The van der Waals surface area contributed by atoms with Crippen LogP contribution in [0.15, 0.2) is 12.2 Å². The van der Waals surface area contributed by atoms with Crippen LogP contribution in [0.3, 0.4) is 0 Å². The quantitative estimate of drug-likeness (QED) is 0.0320. The van der Waals surface area contributed by atoms with Gasteiger partial charge in [0.05, 0.1) is 25.4 Å². The van der Waals surface area contributed by atoms with Gasteiger partial charge in [0.1, 0.15) is 0 Å². The Hall–Kier alpha value is -1.40. The number of ether oxygens (including phenoxy) is 1. The zero-order valence-corrected chi connectivity index (χ0v) is 49.6. The molecule has 0 rings (SSSR count). The molecule has 0 bridgehead atoms. The van der Waals surface area contributed by atoms with Crippen molar-refractivity contribution in [2.45, 2.75) is 392 Å². The molecule has 0 spiro atoms. The van der Waals surface area contributed by atoms with E-state index in [0.29, 0.717) is 25.9 Å². The second-order valence-corrected chi connectivity index (χ2v) is 23.2. The summed E-state index contributed by atoms with van der Waals surface area (Å²) in [5.74, 6) is -0.0191. The summed E-state index contributed by atoms with van der Waals surface area (Å²) >= 11 is 0. The molecular weight excluding hydrogens is 899 g/mol. The van der Waals surface area contributed by atoms with Crippen molar-refractivity contribution in [2.75, 3.05) is 13.2 Å². The molecular formula is C67H131NO5. The second kappa shape index (κ2) is 63.1. The minimum Gasteiger partial charge on any atom is -0.466 e. The molecule has 1 amide bonds. The summed E-state index contributed by atoms with van der Waals surface area (Å²) in [4.78, 5) is 24.6. The van der Waals surface area contributed by atoms with Crippen LogP contribution in [-0.4, -0.2) is 47.4 Å². The molecule has 0 fully saturated rings. The van der Waals surface area contributed by atoms with Crippen LogP contribution in [0.2, 0.25) is 0 Å². The van der Waals surface area contributed by atoms with E-state index in [-0.39, 0.29) is 18.5 Å². The molecule has 0 saturated carbocycles. The highest BCUT2D eigenvalue weighted by Crippen LogP contribution is 2.19. The number of hydrogen-bond acceptors (Lipinski definition) is 5. The van der Waals surface area contributed by atoms with E-state index in [2.05, 4.69) is 31.3 Å². The third kappa shape index (κ3) is 59.7. The third-order valence-electron chi connectivity index (χ3n) is 15.8. The standard InChI is InChI=1S/C67H131NO5/c1-3-5-7-9-11-13-15-17-19-28-33-37-41-45-49-53-57-61-67(72)73-62-58-54-50-46-42-38-34-30-27-25-23-21-22-24-26-29-32-36-40-44-48-52-56-60-66(71)68-64(63-69)65(70)59-55-51-47-43-39-35-31-20-18-16-14-12-10-8-6-4-2/h17,19,64-65,69-70H,3-16,18,20-63H2,1-2H3,(H,68,71)/b19-17-. The third-order valence-corrected chi connectivity index (χ3v) is 15.8. The van der Waals surface area contributed by atoms with Crippen molar-refractivity contribution in [3.8, 4) is 0 Å². The Kier molecular flexibility index (Phi) is 61.9. The number of esters is 1. The largest absolute Gasteiger partial charge is 0.466 e. The summed E-state index contributed by atoms with van der Waals surface area (Å²) in [7, 11) is 0. The van der Waals surface area contributed by atoms with Crippen LogP contribution in [0.1, 0.15) is 380 Å². The smallest absolute Gasteiger partial charge is 0.305 e. The van der Waals surface area contributed by atoms with Crippen LogP contribution in [0, 0.1) is 0 Å². The van der Waals surface area contributed by atoms with Gasteiger partial charge in [0.15, 0.2) is 0 Å². The average molecular weight is 1030 g/mol. The lowest BCUT2D eigenvalue weighted by molar-refractivity contribution is -0.143. The van der Waals surface area contributed by atoms with E-state index < -0.39 is 12.1 Å². The highest BCUT2D eigenvalue weighted by Gasteiger charge is 2.20. The number of aliphatic hydroxyl groups is 2. The molecule has 6 nitrogen and oxygen atoms in total. The number of rotatable bonds is 63. The van der Waals surface area contributed by atoms with E-state index in [9.17, 15) is 19.8 Å². The number of nitrogens with one attached hydrogen (secondary N) is 1. The zero-order valence-electron chi connectivity index (χ0n) is 49.6. The Morgan fingerprint density at radius 1 is 0.370 bits per heavy atom. The first kappa shape index (κ1) is 71.6. The molecule has 2 atom stereocenters. The molecule has 434 valence electrons. The minimum atomic E-state index is -0.663. The Bertz CT molecular complexity index is 1100. The van der Waals surface area contributed by atoms with Gasteiger partial charge in [-0.1, -0.05) is 328 Å². The van der Waals surface area contributed by atoms with Gasteiger partial charge in [-0.25, -0.2) is 0 Å². The first-order chi connectivity index (χ1) is 36.0. The number of unbranched alkanes of at least 4 members (excludes halogenated alkanes) is 50. The summed E-state index contributed by atoms with van der Waals surface area (Å²) in [5, 5.41) is 23.3. The molecule has 0 radical (unpaired) electrons. The maximum Gasteiger partial charge on any atom is 0.305 e. The van der Waals surface area contributed by atoms with Gasteiger partial charge in [-0.15, -0.1) is 0 Å². The summed E-state index contributed by atoms with van der Waals surface area (Å²) in [5.41, 5.74) is 0. The van der Waals surface area contributed by atoms with Crippen LogP contribution >= 0.6 is 0 Å². The number of carbonyl (C=O) groups excluding carboxylic acids is 2. The molecule has 2 unspecified atom stereocenters. The van der Waals surface area contributed by atoms with Gasteiger partial charge in [-0.2, -0.15) is 0 Å². The maximum absolute atomic E-state index is 12.5. The molecule has 0 aromatic heterocycles.